The summed E-state index contributed by atoms with van der Waals surface area (Å²) in [6, 6.07) is 92.2. The van der Waals surface area contributed by atoms with E-state index in [4.69, 9.17) is 0 Å². The van der Waals surface area contributed by atoms with Gasteiger partial charge < -0.3 is 20.0 Å². The first-order valence-corrected chi connectivity index (χ1v) is 26.1. The van der Waals surface area contributed by atoms with Gasteiger partial charge in [0.15, 0.2) is 0 Å². The highest BCUT2D eigenvalue weighted by Gasteiger charge is 2.35. The quantitative estimate of drug-likeness (QED) is 0.153. The minimum Gasteiger partial charge on any atom is -0.386 e. The van der Waals surface area contributed by atoms with Crippen LogP contribution in [0.15, 0.2) is 249 Å². The minimum absolute atomic E-state index is 0.112. The van der Waals surface area contributed by atoms with Crippen molar-refractivity contribution in [2.24, 2.45) is 0 Å². The van der Waals surface area contributed by atoms with Crippen molar-refractivity contribution >= 4 is 83.5 Å². The van der Waals surface area contributed by atoms with Crippen LogP contribution in [0, 0.1) is 0 Å². The van der Waals surface area contributed by atoms with E-state index in [1.54, 1.807) is 0 Å². The van der Waals surface area contributed by atoms with Crippen molar-refractivity contribution in [1.82, 2.24) is 0 Å². The van der Waals surface area contributed by atoms with Gasteiger partial charge in [-0.1, -0.05) is 178 Å². The molecule has 4 heteroatoms. The standard InChI is InChI=1S/C71H54N4/c1-71(2)61-29-11-10-27-54(61)55-39-36-48(43-62(55)71)47-22-18-23-49(42-47)69-57-40-37-51(74(50-24-6-5-7-25-50)64-31-13-12-30-63(64)72-3)44-60(57)70(56-28-19-21-46-20-8-9-26-53(46)56)58-41-38-52(45-59(58)69)75-67-34-16-14-32-65(67)73(4)66-33-15-17-35-68(66)75/h5-45,72H,1-4H3. The molecule has 0 atom stereocenters. The molecule has 1 aliphatic carbocycles. The zero-order valence-electron chi connectivity index (χ0n) is 42.5. The lowest BCUT2D eigenvalue weighted by Crippen LogP contribution is -2.23. The van der Waals surface area contributed by atoms with Crippen molar-refractivity contribution in [3.05, 3.63) is 260 Å². The number of benzene rings is 12. The van der Waals surface area contributed by atoms with Crippen molar-refractivity contribution in [2.75, 3.05) is 34.1 Å². The number of nitrogens with zero attached hydrogens (tertiary/aromatic N) is 3. The SMILES string of the molecule is CNc1ccccc1N(c1ccccc1)c1ccc2c(-c3cccc(-c4ccc5c(c4)C(C)(C)c4ccccc4-5)c3)c3cc(N4c5ccccc5N(C)c5ccccc54)ccc3c(-c3cccc4ccccc34)c2c1. The fraction of sp³-hybridized carbons (Fsp3) is 0.0704. The molecule has 358 valence electrons. The third-order valence-corrected chi connectivity index (χ3v) is 16.1. The summed E-state index contributed by atoms with van der Waals surface area (Å²) in [6.45, 7) is 4.74. The number of nitrogens with one attached hydrogen (secondary N) is 1. The third kappa shape index (κ3) is 6.97. The summed E-state index contributed by atoms with van der Waals surface area (Å²) in [4.78, 5) is 7.16. The van der Waals surface area contributed by atoms with E-state index >= 15 is 0 Å². The van der Waals surface area contributed by atoms with Gasteiger partial charge >= 0.3 is 0 Å². The molecule has 0 saturated carbocycles. The van der Waals surface area contributed by atoms with E-state index in [2.05, 4.69) is 290 Å². The number of anilines is 9. The van der Waals surface area contributed by atoms with E-state index in [1.807, 2.05) is 7.05 Å². The molecular weight excluding hydrogens is 909 g/mol. The van der Waals surface area contributed by atoms with Gasteiger partial charge in [0, 0.05) is 36.6 Å². The first kappa shape index (κ1) is 44.3. The molecule has 0 aromatic heterocycles. The van der Waals surface area contributed by atoms with Crippen LogP contribution in [0.3, 0.4) is 0 Å². The van der Waals surface area contributed by atoms with E-state index < -0.39 is 0 Å². The Bertz CT molecular complexity index is 4190. The van der Waals surface area contributed by atoms with Crippen molar-refractivity contribution in [2.45, 2.75) is 19.3 Å². The van der Waals surface area contributed by atoms with Crippen molar-refractivity contribution in [3.8, 4) is 44.5 Å². The first-order valence-electron chi connectivity index (χ1n) is 26.1. The molecule has 2 aliphatic rings. The Kier molecular flexibility index (Phi) is 10.3. The van der Waals surface area contributed by atoms with Gasteiger partial charge in [-0.2, -0.15) is 0 Å². The number of hydrogen-bond acceptors (Lipinski definition) is 4. The summed E-state index contributed by atoms with van der Waals surface area (Å²) in [5.74, 6) is 0. The third-order valence-electron chi connectivity index (χ3n) is 16.1. The summed E-state index contributed by atoms with van der Waals surface area (Å²) in [7, 11) is 4.18. The zero-order chi connectivity index (χ0) is 50.4. The Morgan fingerprint density at radius 2 is 0.987 bits per heavy atom. The maximum absolute atomic E-state index is 3.51. The molecule has 0 radical (unpaired) electrons. The average molecular weight is 963 g/mol. The molecule has 0 bridgehead atoms. The maximum Gasteiger partial charge on any atom is 0.0699 e. The molecular formula is C71H54N4. The van der Waals surface area contributed by atoms with Crippen LogP contribution in [-0.2, 0) is 5.41 Å². The summed E-state index contributed by atoms with van der Waals surface area (Å²) in [5.41, 5.74) is 22.5. The summed E-state index contributed by atoms with van der Waals surface area (Å²) in [5, 5.41) is 10.7. The highest BCUT2D eigenvalue weighted by Crippen LogP contribution is 2.55. The van der Waals surface area contributed by atoms with Gasteiger partial charge in [0.2, 0.25) is 0 Å². The Hall–Kier alpha value is -9.38. The largest absolute Gasteiger partial charge is 0.386 e. The fourth-order valence-corrected chi connectivity index (χ4v) is 12.6. The van der Waals surface area contributed by atoms with Crippen molar-refractivity contribution in [3.63, 3.8) is 0 Å². The number of hydrogen-bond donors (Lipinski definition) is 1. The molecule has 75 heavy (non-hydrogen) atoms. The lowest BCUT2D eigenvalue weighted by Gasteiger charge is -2.38. The first-order chi connectivity index (χ1) is 36.9. The van der Waals surface area contributed by atoms with Crippen molar-refractivity contribution < 1.29 is 0 Å². The number of fused-ring (bicyclic) bond motifs is 8. The summed E-state index contributed by atoms with van der Waals surface area (Å²) in [6.07, 6.45) is 0. The summed E-state index contributed by atoms with van der Waals surface area (Å²) >= 11 is 0. The molecule has 0 unspecified atom stereocenters. The molecule has 0 saturated heterocycles. The zero-order valence-corrected chi connectivity index (χ0v) is 42.5. The summed E-state index contributed by atoms with van der Waals surface area (Å²) < 4.78 is 0. The van der Waals surface area contributed by atoms with E-state index in [1.165, 1.54) is 88.0 Å². The molecule has 12 aromatic rings. The van der Waals surface area contributed by atoms with Crippen LogP contribution >= 0.6 is 0 Å². The second-order valence-corrected chi connectivity index (χ2v) is 20.6. The molecule has 0 fully saturated rings. The van der Waals surface area contributed by atoms with Crippen LogP contribution in [0.1, 0.15) is 25.0 Å². The Balaban J connectivity index is 1.08. The highest BCUT2D eigenvalue weighted by atomic mass is 15.3. The molecule has 1 heterocycles. The number of para-hydroxylation sites is 7. The Labute approximate surface area is 439 Å². The van der Waals surface area contributed by atoms with Crippen LogP contribution < -0.4 is 20.0 Å². The van der Waals surface area contributed by atoms with Gasteiger partial charge in [-0.25, -0.2) is 0 Å². The van der Waals surface area contributed by atoms with E-state index in [0.717, 1.165) is 51.2 Å². The van der Waals surface area contributed by atoms with Crippen LogP contribution in [0.5, 0.6) is 0 Å². The molecule has 0 spiro atoms. The smallest absolute Gasteiger partial charge is 0.0699 e. The second-order valence-electron chi connectivity index (χ2n) is 20.6. The lowest BCUT2D eigenvalue weighted by atomic mass is 9.81. The molecule has 0 amide bonds. The second kappa shape index (κ2) is 17.4. The van der Waals surface area contributed by atoms with Crippen LogP contribution in [0.2, 0.25) is 0 Å². The molecule has 1 aliphatic heterocycles. The fourth-order valence-electron chi connectivity index (χ4n) is 12.6. The lowest BCUT2D eigenvalue weighted by molar-refractivity contribution is 0.660. The average Bonchev–Trinajstić information content (AvgIpc) is 3.74. The predicted octanol–water partition coefficient (Wildman–Crippen LogP) is 19.5. The topological polar surface area (TPSA) is 21.8 Å². The van der Waals surface area contributed by atoms with E-state index in [-0.39, 0.29) is 5.41 Å². The minimum atomic E-state index is -0.112. The predicted molar refractivity (Wildman–Crippen MR) is 320 cm³/mol. The van der Waals surface area contributed by atoms with Gasteiger partial charge in [0.1, 0.15) is 0 Å². The maximum atomic E-state index is 3.51. The number of rotatable bonds is 8. The van der Waals surface area contributed by atoms with Crippen LogP contribution in [0.4, 0.5) is 51.2 Å². The van der Waals surface area contributed by atoms with Gasteiger partial charge in [-0.05, 0) is 173 Å². The molecule has 4 nitrogen and oxygen atoms in total. The van der Waals surface area contributed by atoms with Gasteiger partial charge in [-0.3, -0.25) is 0 Å². The normalized spacial score (nSPS) is 13.1. The van der Waals surface area contributed by atoms with Crippen LogP contribution in [-0.4, -0.2) is 14.1 Å². The van der Waals surface area contributed by atoms with Crippen molar-refractivity contribution in [1.29, 1.82) is 0 Å². The van der Waals surface area contributed by atoms with E-state index in [9.17, 15) is 0 Å². The highest BCUT2D eigenvalue weighted by molar-refractivity contribution is 6.25. The van der Waals surface area contributed by atoms with Gasteiger partial charge in [0.05, 0.1) is 34.1 Å². The molecule has 1 N–H and O–H groups in total. The van der Waals surface area contributed by atoms with E-state index in [0.29, 0.717) is 0 Å². The van der Waals surface area contributed by atoms with Gasteiger partial charge in [0.25, 0.3) is 0 Å². The molecule has 12 aromatic carbocycles. The van der Waals surface area contributed by atoms with Gasteiger partial charge in [-0.15, -0.1) is 0 Å². The Morgan fingerprint density at radius 3 is 1.80 bits per heavy atom. The Morgan fingerprint density at radius 1 is 0.387 bits per heavy atom. The monoisotopic (exact) mass is 962 g/mol. The van der Waals surface area contributed by atoms with Crippen LogP contribution in [0.25, 0.3) is 76.8 Å². The molecule has 14 rings (SSSR count).